The first kappa shape index (κ1) is 24.9. The Kier molecular flexibility index (Phi) is 7.98. The number of hydrogen-bond acceptors (Lipinski definition) is 6. The Hall–Kier alpha value is -3.40. The van der Waals surface area contributed by atoms with E-state index in [9.17, 15) is 22.4 Å². The lowest BCUT2D eigenvalue weighted by Crippen LogP contribution is -2.27. The molecule has 0 aliphatic carbocycles. The molecule has 10 heteroatoms. The second kappa shape index (κ2) is 10.3. The molecule has 1 aromatic heterocycles. The van der Waals surface area contributed by atoms with Crippen molar-refractivity contribution in [3.05, 3.63) is 59.6 Å². The topological polar surface area (TPSA) is 118 Å². The zero-order chi connectivity index (χ0) is 24.1. The van der Waals surface area contributed by atoms with Crippen LogP contribution in [0.1, 0.15) is 37.4 Å². The van der Waals surface area contributed by atoms with E-state index >= 15 is 0 Å². The SMILES string of the molecule is CC(C)c1nc(N(C)S(C)(=O)=O)nc(-c2ccc(F)cc2)c1/C=C/C(=O)/C=C/CC(=O)O. The fourth-order valence-corrected chi connectivity index (χ4v) is 3.07. The first-order valence-electron chi connectivity index (χ1n) is 9.62. The molecule has 2 aromatic rings. The second-order valence-electron chi connectivity index (χ2n) is 7.30. The van der Waals surface area contributed by atoms with Crippen LogP contribution in [-0.2, 0) is 19.6 Å². The highest BCUT2D eigenvalue weighted by atomic mass is 32.2. The average molecular weight is 462 g/mol. The maximum absolute atomic E-state index is 13.5. The minimum absolute atomic E-state index is 0.0552. The van der Waals surface area contributed by atoms with Crippen molar-refractivity contribution >= 4 is 33.8 Å². The van der Waals surface area contributed by atoms with E-state index in [1.54, 1.807) is 0 Å². The quantitative estimate of drug-likeness (QED) is 0.569. The third-order valence-corrected chi connectivity index (χ3v) is 5.55. The summed E-state index contributed by atoms with van der Waals surface area (Å²) >= 11 is 0. The van der Waals surface area contributed by atoms with Crippen LogP contribution < -0.4 is 4.31 Å². The number of ketones is 1. The minimum atomic E-state index is -3.64. The monoisotopic (exact) mass is 461 g/mol. The molecule has 0 bridgehead atoms. The number of anilines is 1. The number of carbonyl (C=O) groups excluding carboxylic acids is 1. The summed E-state index contributed by atoms with van der Waals surface area (Å²) in [5, 5.41) is 8.67. The van der Waals surface area contributed by atoms with Crippen LogP contribution in [0.5, 0.6) is 0 Å². The van der Waals surface area contributed by atoms with Crippen LogP contribution in [0.2, 0.25) is 0 Å². The molecule has 0 radical (unpaired) electrons. The number of hydrogen-bond donors (Lipinski definition) is 1. The summed E-state index contributed by atoms with van der Waals surface area (Å²) in [5.74, 6) is -2.17. The fraction of sp³-hybridized carbons (Fsp3) is 0.273. The van der Waals surface area contributed by atoms with Gasteiger partial charge in [-0.2, -0.15) is 0 Å². The zero-order valence-electron chi connectivity index (χ0n) is 18.1. The van der Waals surface area contributed by atoms with Gasteiger partial charge < -0.3 is 5.11 Å². The molecule has 2 rings (SSSR count). The number of allylic oxidation sites excluding steroid dienone is 2. The van der Waals surface area contributed by atoms with Crippen LogP contribution in [0.3, 0.4) is 0 Å². The van der Waals surface area contributed by atoms with Crippen molar-refractivity contribution in [3.8, 4) is 11.3 Å². The third-order valence-electron chi connectivity index (χ3n) is 4.40. The molecule has 1 aromatic carbocycles. The smallest absolute Gasteiger partial charge is 0.307 e. The van der Waals surface area contributed by atoms with Gasteiger partial charge in [0.2, 0.25) is 16.0 Å². The van der Waals surface area contributed by atoms with Gasteiger partial charge in [-0.15, -0.1) is 0 Å². The van der Waals surface area contributed by atoms with Crippen LogP contribution in [-0.4, -0.2) is 48.5 Å². The number of benzene rings is 1. The van der Waals surface area contributed by atoms with E-state index in [4.69, 9.17) is 5.11 Å². The lowest BCUT2D eigenvalue weighted by atomic mass is 9.98. The molecule has 1 heterocycles. The van der Waals surface area contributed by atoms with Crippen molar-refractivity contribution in [2.45, 2.75) is 26.2 Å². The molecule has 0 aliphatic heterocycles. The molecule has 8 nitrogen and oxygen atoms in total. The van der Waals surface area contributed by atoms with Crippen LogP contribution in [0.15, 0.2) is 42.5 Å². The molecule has 0 aliphatic rings. The van der Waals surface area contributed by atoms with Crippen molar-refractivity contribution in [2.24, 2.45) is 0 Å². The molecular weight excluding hydrogens is 437 g/mol. The molecule has 32 heavy (non-hydrogen) atoms. The molecule has 0 amide bonds. The van der Waals surface area contributed by atoms with Crippen molar-refractivity contribution in [2.75, 3.05) is 17.6 Å². The number of sulfonamides is 1. The van der Waals surface area contributed by atoms with E-state index in [2.05, 4.69) is 9.97 Å². The summed E-state index contributed by atoms with van der Waals surface area (Å²) in [6, 6.07) is 5.50. The van der Waals surface area contributed by atoms with Gasteiger partial charge in [-0.25, -0.2) is 27.1 Å². The van der Waals surface area contributed by atoms with Crippen LogP contribution in [0, 0.1) is 5.82 Å². The zero-order valence-corrected chi connectivity index (χ0v) is 18.9. The first-order valence-corrected chi connectivity index (χ1v) is 11.5. The lowest BCUT2D eigenvalue weighted by Gasteiger charge is -2.20. The largest absolute Gasteiger partial charge is 0.481 e. The van der Waals surface area contributed by atoms with E-state index in [0.717, 1.165) is 16.6 Å². The van der Waals surface area contributed by atoms with Gasteiger partial charge >= 0.3 is 5.97 Å². The summed E-state index contributed by atoms with van der Waals surface area (Å²) in [7, 11) is -2.31. The molecule has 0 saturated heterocycles. The average Bonchev–Trinajstić information content (AvgIpc) is 2.70. The van der Waals surface area contributed by atoms with Gasteiger partial charge in [0.05, 0.1) is 24.1 Å². The van der Waals surface area contributed by atoms with Gasteiger partial charge in [-0.3, -0.25) is 9.59 Å². The van der Waals surface area contributed by atoms with Crippen molar-refractivity contribution in [3.63, 3.8) is 0 Å². The second-order valence-corrected chi connectivity index (χ2v) is 9.31. The van der Waals surface area contributed by atoms with Gasteiger partial charge in [0.25, 0.3) is 0 Å². The molecule has 0 spiro atoms. The molecule has 0 fully saturated rings. The fourth-order valence-electron chi connectivity index (χ4n) is 2.69. The summed E-state index contributed by atoms with van der Waals surface area (Å²) in [4.78, 5) is 31.5. The molecular formula is C22H24FN3O5S. The minimum Gasteiger partial charge on any atom is -0.481 e. The van der Waals surface area contributed by atoms with Crippen LogP contribution in [0.4, 0.5) is 10.3 Å². The molecule has 170 valence electrons. The predicted molar refractivity (Wildman–Crippen MR) is 120 cm³/mol. The Labute approximate surface area is 186 Å². The van der Waals surface area contributed by atoms with E-state index in [0.29, 0.717) is 22.5 Å². The Bertz CT molecular complexity index is 1170. The normalized spacial score (nSPS) is 12.1. The van der Waals surface area contributed by atoms with E-state index in [1.807, 2.05) is 13.8 Å². The number of nitrogens with zero attached hydrogens (tertiary/aromatic N) is 3. The summed E-state index contributed by atoms with van der Waals surface area (Å²) < 4.78 is 38.5. The van der Waals surface area contributed by atoms with E-state index in [-0.39, 0.29) is 18.3 Å². The summed E-state index contributed by atoms with van der Waals surface area (Å²) in [6.45, 7) is 3.71. The highest BCUT2D eigenvalue weighted by Gasteiger charge is 2.22. The Balaban J connectivity index is 2.68. The van der Waals surface area contributed by atoms with Gasteiger partial charge in [-0.05, 0) is 48.4 Å². The van der Waals surface area contributed by atoms with Crippen molar-refractivity contribution in [1.82, 2.24) is 9.97 Å². The molecule has 0 atom stereocenters. The summed E-state index contributed by atoms with van der Waals surface area (Å²) in [6.07, 6.45) is 5.86. The van der Waals surface area contributed by atoms with Crippen LogP contribution in [0.25, 0.3) is 17.3 Å². The Morgan fingerprint density at radius 2 is 1.78 bits per heavy atom. The van der Waals surface area contributed by atoms with Crippen molar-refractivity contribution < 1.29 is 27.5 Å². The number of aliphatic carboxylic acids is 1. The number of halogens is 1. The Morgan fingerprint density at radius 3 is 2.31 bits per heavy atom. The number of carbonyl (C=O) groups is 2. The highest BCUT2D eigenvalue weighted by molar-refractivity contribution is 7.92. The Morgan fingerprint density at radius 1 is 1.16 bits per heavy atom. The number of rotatable bonds is 9. The van der Waals surface area contributed by atoms with Gasteiger partial charge in [0.15, 0.2) is 5.78 Å². The number of aromatic nitrogens is 2. The van der Waals surface area contributed by atoms with Gasteiger partial charge in [-0.1, -0.05) is 19.9 Å². The maximum atomic E-state index is 13.5. The number of carboxylic acid groups (broad SMARTS) is 1. The molecule has 1 N–H and O–H groups in total. The van der Waals surface area contributed by atoms with Crippen molar-refractivity contribution in [1.29, 1.82) is 0 Å². The standard InChI is InChI=1S/C22H24FN3O5S/c1-14(2)20-18(13-12-17(27)6-5-7-19(28)29)21(15-8-10-16(23)11-9-15)25-22(24-20)26(3)32(4,30)31/h5-6,8-14H,7H2,1-4H3,(H,28,29)/b6-5+,13-12+. The maximum Gasteiger partial charge on any atom is 0.307 e. The molecule has 0 unspecified atom stereocenters. The highest BCUT2D eigenvalue weighted by Crippen LogP contribution is 2.31. The van der Waals surface area contributed by atoms with Crippen LogP contribution >= 0.6 is 0 Å². The first-order chi connectivity index (χ1) is 14.9. The number of carboxylic acids is 1. The lowest BCUT2D eigenvalue weighted by molar-refractivity contribution is -0.136. The summed E-state index contributed by atoms with van der Waals surface area (Å²) in [5.41, 5.74) is 1.79. The predicted octanol–water partition coefficient (Wildman–Crippen LogP) is 3.42. The third kappa shape index (κ3) is 6.55. The van der Waals surface area contributed by atoms with E-state index < -0.39 is 27.6 Å². The van der Waals surface area contributed by atoms with E-state index in [1.165, 1.54) is 49.5 Å². The van der Waals surface area contributed by atoms with Gasteiger partial charge in [0.1, 0.15) is 5.82 Å². The van der Waals surface area contributed by atoms with Gasteiger partial charge in [0, 0.05) is 18.2 Å². The molecule has 0 saturated carbocycles.